The van der Waals surface area contributed by atoms with Crippen LogP contribution in [-0.2, 0) is 19.2 Å². The van der Waals surface area contributed by atoms with Crippen LogP contribution in [0.2, 0.25) is 0 Å². The average molecular weight is 462 g/mol. The fourth-order valence-electron chi connectivity index (χ4n) is 2.77. The normalized spacial score (nSPS) is 14.9. The first-order valence-electron chi connectivity index (χ1n) is 10.6. The Morgan fingerprint density at radius 1 is 0.903 bits per heavy atom. The smallest absolute Gasteiger partial charge is 0.325 e. The first-order chi connectivity index (χ1) is 14.5. The molecule has 0 saturated carbocycles. The van der Waals surface area contributed by atoms with E-state index in [4.69, 9.17) is 16.6 Å². The molecule has 0 saturated heterocycles. The highest BCUT2D eigenvalue weighted by Gasteiger charge is 2.29. The molecular weight excluding hydrogens is 422 g/mol. The number of unbranched alkanes of at least 4 members (excludes halogenated alkanes) is 1. The number of carboxylic acid groups (broad SMARTS) is 1. The predicted molar refractivity (Wildman–Crippen MR) is 122 cm³/mol. The summed E-state index contributed by atoms with van der Waals surface area (Å²) in [7, 11) is 0. The molecule has 4 unspecified atom stereocenters. The van der Waals surface area contributed by atoms with Crippen molar-refractivity contribution in [2.75, 3.05) is 18.6 Å². The molecule has 0 heterocycles. The van der Waals surface area contributed by atoms with Gasteiger partial charge in [-0.3, -0.25) is 19.2 Å². The lowest BCUT2D eigenvalue weighted by Gasteiger charge is -2.25. The zero-order valence-electron chi connectivity index (χ0n) is 19.0. The number of carbonyl (C=O) groups is 4. The molecule has 0 aliphatic heterocycles. The quantitative estimate of drug-likeness (QED) is 0.171. The number of thioether (sulfide) groups is 1. The number of carboxylic acids is 1. The number of hydrogen-bond acceptors (Lipinski definition) is 7. The van der Waals surface area contributed by atoms with Gasteiger partial charge in [0.1, 0.15) is 18.1 Å². The van der Waals surface area contributed by atoms with Gasteiger partial charge in [0, 0.05) is 0 Å². The molecule has 3 amide bonds. The lowest BCUT2D eigenvalue weighted by molar-refractivity contribution is -0.142. The van der Waals surface area contributed by atoms with E-state index in [1.165, 1.54) is 6.92 Å². The van der Waals surface area contributed by atoms with Crippen LogP contribution < -0.4 is 27.4 Å². The molecule has 0 aromatic rings. The Kier molecular flexibility index (Phi) is 14.9. The number of nitrogens with two attached hydrogens (primary N) is 2. The molecule has 0 aromatic carbocycles. The summed E-state index contributed by atoms with van der Waals surface area (Å²) >= 11 is 1.57. The molecule has 4 atom stereocenters. The highest BCUT2D eigenvalue weighted by molar-refractivity contribution is 7.98. The van der Waals surface area contributed by atoms with Crippen LogP contribution in [0.1, 0.15) is 52.9 Å². The standard InChI is InChI=1S/C20H39N5O5S/c1-12(2)11-16(19(28)23-13(3)20(29)30)25-18(27)15(7-5-6-9-21)24-17(26)14(22)8-10-31-4/h12-16H,5-11,21-22H2,1-4H3,(H,23,28)(H,24,26)(H,25,27)(H,29,30). The van der Waals surface area contributed by atoms with Crippen molar-refractivity contribution < 1.29 is 24.3 Å². The Morgan fingerprint density at radius 3 is 2.00 bits per heavy atom. The summed E-state index contributed by atoms with van der Waals surface area (Å²) in [6, 6.07) is -3.61. The van der Waals surface area contributed by atoms with Gasteiger partial charge in [0.15, 0.2) is 0 Å². The molecule has 0 aliphatic rings. The highest BCUT2D eigenvalue weighted by Crippen LogP contribution is 2.08. The fraction of sp³-hybridized carbons (Fsp3) is 0.800. The molecule has 0 radical (unpaired) electrons. The van der Waals surface area contributed by atoms with E-state index in [0.717, 1.165) is 5.75 Å². The number of rotatable bonds is 16. The monoisotopic (exact) mass is 461 g/mol. The van der Waals surface area contributed by atoms with Crippen LogP contribution in [0.5, 0.6) is 0 Å². The van der Waals surface area contributed by atoms with Crippen LogP contribution in [-0.4, -0.2) is 71.5 Å². The van der Waals surface area contributed by atoms with E-state index < -0.39 is 47.9 Å². The molecular formula is C20H39N5O5S. The molecule has 31 heavy (non-hydrogen) atoms. The van der Waals surface area contributed by atoms with Crippen LogP contribution >= 0.6 is 11.8 Å². The summed E-state index contributed by atoms with van der Waals surface area (Å²) in [4.78, 5) is 48.9. The maximum atomic E-state index is 12.9. The zero-order valence-corrected chi connectivity index (χ0v) is 19.8. The van der Waals surface area contributed by atoms with Crippen molar-refractivity contribution in [3.63, 3.8) is 0 Å². The molecule has 0 aromatic heterocycles. The van der Waals surface area contributed by atoms with Crippen molar-refractivity contribution in [1.29, 1.82) is 0 Å². The SMILES string of the molecule is CSCCC(N)C(=O)NC(CCCCN)C(=O)NC(CC(C)C)C(=O)NC(C)C(=O)O. The van der Waals surface area contributed by atoms with Crippen LogP contribution in [0.3, 0.4) is 0 Å². The van der Waals surface area contributed by atoms with E-state index in [9.17, 15) is 19.2 Å². The molecule has 180 valence electrons. The summed E-state index contributed by atoms with van der Waals surface area (Å²) in [6.45, 7) is 5.58. The molecule has 10 nitrogen and oxygen atoms in total. The summed E-state index contributed by atoms with van der Waals surface area (Å²) in [5, 5.41) is 16.8. The van der Waals surface area contributed by atoms with Crippen molar-refractivity contribution >= 4 is 35.5 Å². The van der Waals surface area contributed by atoms with Crippen LogP contribution in [0.25, 0.3) is 0 Å². The first kappa shape index (κ1) is 29.1. The van der Waals surface area contributed by atoms with Gasteiger partial charge in [-0.25, -0.2) is 0 Å². The number of hydrogen-bond donors (Lipinski definition) is 6. The third kappa shape index (κ3) is 12.6. The van der Waals surface area contributed by atoms with Gasteiger partial charge in [-0.1, -0.05) is 13.8 Å². The molecule has 0 bridgehead atoms. The summed E-state index contributed by atoms with van der Waals surface area (Å²) in [5.41, 5.74) is 11.4. The molecule has 0 aliphatic carbocycles. The maximum absolute atomic E-state index is 12.9. The Morgan fingerprint density at radius 2 is 1.48 bits per heavy atom. The van der Waals surface area contributed by atoms with Crippen molar-refractivity contribution in [3.05, 3.63) is 0 Å². The fourth-order valence-corrected chi connectivity index (χ4v) is 3.26. The minimum Gasteiger partial charge on any atom is -0.480 e. The van der Waals surface area contributed by atoms with E-state index in [2.05, 4.69) is 16.0 Å². The zero-order chi connectivity index (χ0) is 24.0. The molecule has 11 heteroatoms. The summed E-state index contributed by atoms with van der Waals surface area (Å²) in [5.74, 6) is -1.90. The third-order valence-corrected chi connectivity index (χ3v) is 5.26. The van der Waals surface area contributed by atoms with Gasteiger partial charge in [-0.2, -0.15) is 11.8 Å². The average Bonchev–Trinajstić information content (AvgIpc) is 2.69. The van der Waals surface area contributed by atoms with Gasteiger partial charge < -0.3 is 32.5 Å². The van der Waals surface area contributed by atoms with E-state index in [-0.39, 0.29) is 5.92 Å². The molecule has 0 rings (SSSR count). The van der Waals surface area contributed by atoms with Gasteiger partial charge in [-0.15, -0.1) is 0 Å². The third-order valence-electron chi connectivity index (χ3n) is 4.62. The summed E-state index contributed by atoms with van der Waals surface area (Å²) in [6.07, 6.45) is 4.37. The van der Waals surface area contributed by atoms with Crippen molar-refractivity contribution in [3.8, 4) is 0 Å². The second-order valence-electron chi connectivity index (χ2n) is 7.99. The van der Waals surface area contributed by atoms with Crippen molar-refractivity contribution in [2.45, 2.75) is 77.0 Å². The van der Waals surface area contributed by atoms with Crippen molar-refractivity contribution in [1.82, 2.24) is 16.0 Å². The minimum atomic E-state index is -1.17. The number of carbonyl (C=O) groups excluding carboxylic acids is 3. The first-order valence-corrected chi connectivity index (χ1v) is 12.0. The van der Waals surface area contributed by atoms with Gasteiger partial charge in [0.25, 0.3) is 0 Å². The second-order valence-corrected chi connectivity index (χ2v) is 8.98. The molecule has 0 fully saturated rings. The molecule has 8 N–H and O–H groups in total. The van der Waals surface area contributed by atoms with Gasteiger partial charge in [0.2, 0.25) is 17.7 Å². The van der Waals surface area contributed by atoms with Gasteiger partial charge in [-0.05, 0) is 63.5 Å². The summed E-state index contributed by atoms with van der Waals surface area (Å²) < 4.78 is 0. The second kappa shape index (κ2) is 15.9. The largest absolute Gasteiger partial charge is 0.480 e. The Hall–Kier alpha value is -1.85. The molecule has 0 spiro atoms. The van der Waals surface area contributed by atoms with Crippen LogP contribution in [0.4, 0.5) is 0 Å². The van der Waals surface area contributed by atoms with Gasteiger partial charge >= 0.3 is 5.97 Å². The van der Waals surface area contributed by atoms with E-state index >= 15 is 0 Å². The van der Waals surface area contributed by atoms with Crippen LogP contribution in [0, 0.1) is 5.92 Å². The lowest BCUT2D eigenvalue weighted by atomic mass is 10.0. The van der Waals surface area contributed by atoms with Gasteiger partial charge in [0.05, 0.1) is 6.04 Å². The van der Waals surface area contributed by atoms with E-state index in [1.807, 2.05) is 20.1 Å². The number of nitrogens with one attached hydrogen (secondary N) is 3. The van der Waals surface area contributed by atoms with Crippen LogP contribution in [0.15, 0.2) is 0 Å². The van der Waals surface area contributed by atoms with Crippen molar-refractivity contribution in [2.24, 2.45) is 17.4 Å². The topological polar surface area (TPSA) is 177 Å². The number of amides is 3. The Bertz CT molecular complexity index is 590. The van der Waals surface area contributed by atoms with E-state index in [1.54, 1.807) is 11.8 Å². The Labute approximate surface area is 189 Å². The highest BCUT2D eigenvalue weighted by atomic mass is 32.2. The minimum absolute atomic E-state index is 0.0708. The maximum Gasteiger partial charge on any atom is 0.325 e. The van der Waals surface area contributed by atoms with E-state index in [0.29, 0.717) is 38.6 Å². The number of aliphatic carboxylic acids is 1. The Balaban J connectivity index is 5.29. The lowest BCUT2D eigenvalue weighted by Crippen LogP contribution is -2.57. The predicted octanol–water partition coefficient (Wildman–Crippen LogP) is -0.199.